The normalized spacial score (nSPS) is 16.2. The number of phenolic OH excluding ortho intramolecular Hbond substituents is 1. The van der Waals surface area contributed by atoms with Gasteiger partial charge >= 0.3 is 11.9 Å². The fourth-order valence-electron chi connectivity index (χ4n) is 4.21. The van der Waals surface area contributed by atoms with E-state index in [1.165, 1.54) is 18.2 Å². The lowest BCUT2D eigenvalue weighted by Gasteiger charge is -2.23. The van der Waals surface area contributed by atoms with Crippen LogP contribution in [-0.2, 0) is 14.3 Å². The summed E-state index contributed by atoms with van der Waals surface area (Å²) in [6, 6.07) is 9.61. The minimum absolute atomic E-state index is 0.0749. The van der Waals surface area contributed by atoms with E-state index < -0.39 is 29.5 Å². The number of carbonyl (C=O) groups is 3. The first-order valence-electron chi connectivity index (χ1n) is 12.5. The number of hydrogen-bond acceptors (Lipinski definition) is 10. The minimum Gasteiger partial charge on any atom is -0.507 e. The number of aliphatic hydroxyl groups excluding tert-OH is 1. The van der Waals surface area contributed by atoms with Gasteiger partial charge in [-0.25, -0.2) is 9.78 Å². The average Bonchev–Trinajstić information content (AvgIpc) is 3.45. The van der Waals surface area contributed by atoms with Crippen molar-refractivity contribution in [3.63, 3.8) is 0 Å². The molecule has 208 valence electrons. The maximum atomic E-state index is 13.5. The van der Waals surface area contributed by atoms with E-state index in [1.807, 2.05) is 0 Å². The number of ether oxygens (including phenoxy) is 3. The molecule has 2 N–H and O–H groups in total. The molecule has 2 heterocycles. The maximum Gasteiger partial charge on any atom is 0.350 e. The number of nitrogens with zero attached hydrogens (tertiary/aromatic N) is 2. The molecule has 1 saturated heterocycles. The van der Waals surface area contributed by atoms with Crippen molar-refractivity contribution in [3.05, 3.63) is 82.4 Å². The Hall–Kier alpha value is -4.64. The Morgan fingerprint density at radius 1 is 1.12 bits per heavy atom. The zero-order valence-corrected chi connectivity index (χ0v) is 23.0. The molecule has 10 nitrogen and oxygen atoms in total. The van der Waals surface area contributed by atoms with Crippen molar-refractivity contribution in [2.24, 2.45) is 0 Å². The summed E-state index contributed by atoms with van der Waals surface area (Å²) >= 11 is 0.903. The van der Waals surface area contributed by atoms with Gasteiger partial charge in [-0.15, -0.1) is 0 Å². The van der Waals surface area contributed by atoms with Gasteiger partial charge in [0.1, 0.15) is 23.0 Å². The van der Waals surface area contributed by atoms with Crippen molar-refractivity contribution in [2.45, 2.75) is 26.8 Å². The number of aromatic hydroxyl groups is 1. The summed E-state index contributed by atoms with van der Waals surface area (Å²) in [6.07, 6.45) is 1.59. The summed E-state index contributed by atoms with van der Waals surface area (Å²) in [5, 5.41) is 21.7. The van der Waals surface area contributed by atoms with Crippen LogP contribution in [0.2, 0.25) is 0 Å². The summed E-state index contributed by atoms with van der Waals surface area (Å²) in [5.74, 6) is -2.36. The Kier molecular flexibility index (Phi) is 8.54. The summed E-state index contributed by atoms with van der Waals surface area (Å²) in [5.41, 5.74) is 0.789. The van der Waals surface area contributed by atoms with Crippen molar-refractivity contribution < 1.29 is 38.8 Å². The fraction of sp³-hybridized carbons (Fsp3) is 0.241. The Labute approximate surface area is 234 Å². The fourth-order valence-corrected chi connectivity index (χ4v) is 5.20. The molecule has 3 aromatic rings. The van der Waals surface area contributed by atoms with E-state index in [0.29, 0.717) is 23.6 Å². The van der Waals surface area contributed by atoms with Gasteiger partial charge < -0.3 is 24.4 Å². The Morgan fingerprint density at radius 2 is 1.85 bits per heavy atom. The first-order chi connectivity index (χ1) is 19.2. The molecule has 1 aromatic heterocycles. The number of hydrogen-bond donors (Lipinski definition) is 2. The molecular weight excluding hydrogens is 536 g/mol. The minimum atomic E-state index is -1.14. The highest BCUT2D eigenvalue weighted by Gasteiger charge is 2.48. The monoisotopic (exact) mass is 564 g/mol. The highest BCUT2D eigenvalue weighted by molar-refractivity contribution is 7.17. The molecule has 0 spiro atoms. The summed E-state index contributed by atoms with van der Waals surface area (Å²) < 4.78 is 16.1. The van der Waals surface area contributed by atoms with Crippen molar-refractivity contribution in [1.82, 2.24) is 4.98 Å². The third-order valence-electron chi connectivity index (χ3n) is 5.99. The molecule has 1 atom stereocenters. The Morgan fingerprint density at radius 3 is 2.50 bits per heavy atom. The zero-order chi connectivity index (χ0) is 29.0. The van der Waals surface area contributed by atoms with Crippen LogP contribution in [0.25, 0.3) is 5.76 Å². The topological polar surface area (TPSA) is 135 Å². The van der Waals surface area contributed by atoms with Crippen LogP contribution in [0.15, 0.2) is 60.7 Å². The lowest BCUT2D eigenvalue weighted by molar-refractivity contribution is -0.132. The quantitative estimate of drug-likeness (QED) is 0.116. The SMILES string of the molecule is C=CCOc1ccc(/C(O)=C2\C(=O)C(=O)N(c3nc(C)c(C(=O)OCC)s3)C2c2ccc(O)c(OCC)c2)cc1. The van der Waals surface area contributed by atoms with Crippen molar-refractivity contribution >= 4 is 39.9 Å². The van der Waals surface area contributed by atoms with Crippen molar-refractivity contribution in [1.29, 1.82) is 0 Å². The second kappa shape index (κ2) is 12.0. The van der Waals surface area contributed by atoms with E-state index >= 15 is 0 Å². The van der Waals surface area contributed by atoms with Gasteiger partial charge in [-0.2, -0.15) is 0 Å². The molecule has 0 bridgehead atoms. The van der Waals surface area contributed by atoms with Gasteiger partial charge in [0, 0.05) is 5.56 Å². The Bertz CT molecular complexity index is 1490. The van der Waals surface area contributed by atoms with Gasteiger partial charge in [-0.3, -0.25) is 14.5 Å². The third kappa shape index (κ3) is 5.41. The van der Waals surface area contributed by atoms with Crippen LogP contribution in [-0.4, -0.2) is 52.7 Å². The molecule has 0 saturated carbocycles. The van der Waals surface area contributed by atoms with Crippen LogP contribution in [0.5, 0.6) is 17.2 Å². The summed E-state index contributed by atoms with van der Waals surface area (Å²) in [6.45, 7) is 9.33. The predicted octanol–water partition coefficient (Wildman–Crippen LogP) is 4.92. The number of aromatic nitrogens is 1. The van der Waals surface area contributed by atoms with Gasteiger partial charge in [0.05, 0.1) is 30.5 Å². The molecule has 0 radical (unpaired) electrons. The average molecular weight is 565 g/mol. The van der Waals surface area contributed by atoms with Crippen LogP contribution in [0.1, 0.15) is 46.4 Å². The number of amides is 1. The molecule has 1 fully saturated rings. The van der Waals surface area contributed by atoms with Crippen molar-refractivity contribution in [2.75, 3.05) is 24.7 Å². The molecule has 0 aliphatic carbocycles. The van der Waals surface area contributed by atoms with E-state index in [-0.39, 0.29) is 45.9 Å². The van der Waals surface area contributed by atoms with Crippen LogP contribution in [0.4, 0.5) is 5.13 Å². The van der Waals surface area contributed by atoms with E-state index in [4.69, 9.17) is 14.2 Å². The third-order valence-corrected chi connectivity index (χ3v) is 7.13. The predicted molar refractivity (Wildman–Crippen MR) is 149 cm³/mol. The molecule has 1 aliphatic rings. The second-order valence-electron chi connectivity index (χ2n) is 8.58. The molecule has 40 heavy (non-hydrogen) atoms. The number of aliphatic hydroxyl groups is 1. The van der Waals surface area contributed by atoms with Gasteiger partial charge in [-0.1, -0.05) is 30.1 Å². The molecule has 4 rings (SSSR count). The number of ketones is 1. The van der Waals surface area contributed by atoms with Gasteiger partial charge in [-0.05, 0) is 62.7 Å². The van der Waals surface area contributed by atoms with E-state index in [2.05, 4.69) is 11.6 Å². The number of thiazole rings is 1. The first kappa shape index (κ1) is 28.4. The summed E-state index contributed by atoms with van der Waals surface area (Å²) in [4.78, 5) is 45.1. The number of anilines is 1. The number of esters is 1. The van der Waals surface area contributed by atoms with Crippen LogP contribution in [0.3, 0.4) is 0 Å². The second-order valence-corrected chi connectivity index (χ2v) is 9.56. The summed E-state index contributed by atoms with van der Waals surface area (Å²) in [7, 11) is 0. The van der Waals surface area contributed by atoms with E-state index in [0.717, 1.165) is 16.2 Å². The van der Waals surface area contributed by atoms with Gasteiger partial charge in [0.25, 0.3) is 5.78 Å². The number of Topliss-reactive ketones (excluding diaryl/α,β-unsaturated/α-hetero) is 1. The van der Waals surface area contributed by atoms with Crippen LogP contribution >= 0.6 is 11.3 Å². The molecule has 2 aromatic carbocycles. The lowest BCUT2D eigenvalue weighted by Crippen LogP contribution is -2.29. The highest BCUT2D eigenvalue weighted by Crippen LogP contribution is 2.45. The van der Waals surface area contributed by atoms with Crippen LogP contribution < -0.4 is 14.4 Å². The standard InChI is InChI=1S/C29H28N2O8S/c1-5-14-39-19-11-8-17(9-12-19)24(33)22-23(18-10-13-20(32)21(15-18)37-6-2)31(27(35)25(22)34)29-30-16(4)26(40-29)28(36)38-7-3/h5,8-13,15,23,32-33H,1,6-7,14H2,2-4H3/b24-22+. The van der Waals surface area contributed by atoms with E-state index in [1.54, 1.807) is 51.1 Å². The highest BCUT2D eigenvalue weighted by atomic mass is 32.1. The van der Waals surface area contributed by atoms with E-state index in [9.17, 15) is 24.6 Å². The van der Waals surface area contributed by atoms with Gasteiger partial charge in [0.15, 0.2) is 16.6 Å². The number of benzene rings is 2. The molecular formula is C29H28N2O8S. The number of carbonyl (C=O) groups excluding carboxylic acids is 3. The Balaban J connectivity index is 1.89. The van der Waals surface area contributed by atoms with Gasteiger partial charge in [0.2, 0.25) is 0 Å². The number of rotatable bonds is 10. The molecule has 11 heteroatoms. The first-order valence-corrected chi connectivity index (χ1v) is 13.3. The van der Waals surface area contributed by atoms with Crippen LogP contribution in [0, 0.1) is 6.92 Å². The lowest BCUT2D eigenvalue weighted by atomic mass is 9.95. The maximum absolute atomic E-state index is 13.5. The smallest absolute Gasteiger partial charge is 0.350 e. The molecule has 1 amide bonds. The number of aryl methyl sites for hydroxylation is 1. The largest absolute Gasteiger partial charge is 0.507 e. The molecule has 1 unspecified atom stereocenters. The zero-order valence-electron chi connectivity index (χ0n) is 22.2. The van der Waals surface area contributed by atoms with Crippen molar-refractivity contribution in [3.8, 4) is 17.2 Å². The number of phenols is 1. The molecule has 1 aliphatic heterocycles.